The first-order valence-electron chi connectivity index (χ1n) is 6.83. The second-order valence-electron chi connectivity index (χ2n) is 5.47. The summed E-state index contributed by atoms with van der Waals surface area (Å²) in [6.07, 6.45) is 2.12. The molecule has 0 spiro atoms. The first-order valence-corrected chi connectivity index (χ1v) is 6.83. The molecule has 0 radical (unpaired) electrons. The highest BCUT2D eigenvalue weighted by Crippen LogP contribution is 2.27. The third-order valence-electron chi connectivity index (χ3n) is 3.90. The Bertz CT molecular complexity index is 559. The molecule has 1 aliphatic heterocycles. The maximum absolute atomic E-state index is 11.2. The van der Waals surface area contributed by atoms with Crippen LogP contribution in [0, 0.1) is 10.1 Å². The van der Waals surface area contributed by atoms with Crippen molar-refractivity contribution in [3.8, 4) is 0 Å². The fraction of sp³-hybridized carbons (Fsp3) is 0.500. The monoisotopic (exact) mass is 293 g/mol. The van der Waals surface area contributed by atoms with Gasteiger partial charge in [-0.05, 0) is 39.1 Å². The number of nitrogens with zero attached hydrogens (tertiary/aromatic N) is 3. The van der Waals surface area contributed by atoms with Crippen LogP contribution in [0.3, 0.4) is 0 Å². The third kappa shape index (κ3) is 3.30. The lowest BCUT2D eigenvalue weighted by Gasteiger charge is -2.37. The molecule has 1 N–H and O–H groups in total. The molecule has 1 heterocycles. The van der Waals surface area contributed by atoms with E-state index in [2.05, 4.69) is 9.80 Å². The summed E-state index contributed by atoms with van der Waals surface area (Å²) in [5, 5.41) is 20.0. The molecule has 1 atom stereocenters. The van der Waals surface area contributed by atoms with E-state index in [4.69, 9.17) is 5.11 Å². The lowest BCUT2D eigenvalue weighted by molar-refractivity contribution is -0.385. The predicted molar refractivity (Wildman–Crippen MR) is 79.0 cm³/mol. The zero-order valence-corrected chi connectivity index (χ0v) is 12.2. The van der Waals surface area contributed by atoms with E-state index in [0.29, 0.717) is 6.04 Å². The fourth-order valence-corrected chi connectivity index (χ4v) is 2.66. The topological polar surface area (TPSA) is 86.9 Å². The van der Waals surface area contributed by atoms with Gasteiger partial charge in [-0.15, -0.1) is 0 Å². The molecule has 114 valence electrons. The molecule has 1 aromatic rings. The summed E-state index contributed by atoms with van der Waals surface area (Å²) in [6.45, 7) is 1.63. The predicted octanol–water partition coefficient (Wildman–Crippen LogP) is 1.82. The number of rotatable bonds is 4. The molecule has 0 aliphatic carbocycles. The summed E-state index contributed by atoms with van der Waals surface area (Å²) < 4.78 is 0. The summed E-state index contributed by atoms with van der Waals surface area (Å²) in [6, 6.07) is 4.71. The highest BCUT2D eigenvalue weighted by atomic mass is 16.6. The molecule has 7 heteroatoms. The molecule has 1 aromatic carbocycles. The Morgan fingerprint density at radius 3 is 2.76 bits per heavy atom. The van der Waals surface area contributed by atoms with Gasteiger partial charge in [0.25, 0.3) is 5.69 Å². The number of nitro benzene ring substituents is 1. The van der Waals surface area contributed by atoms with Crippen molar-refractivity contribution in [2.75, 3.05) is 32.1 Å². The van der Waals surface area contributed by atoms with E-state index in [1.165, 1.54) is 12.1 Å². The average molecular weight is 293 g/mol. The SMILES string of the molecule is CN(C)C1CCCN(c2ccc([N+](=O)[O-])c(C(=O)O)c2)C1. The van der Waals surface area contributed by atoms with Gasteiger partial charge >= 0.3 is 5.97 Å². The number of piperidine rings is 1. The van der Waals surface area contributed by atoms with Crippen LogP contribution in [0.2, 0.25) is 0 Å². The van der Waals surface area contributed by atoms with Crippen LogP contribution in [0.15, 0.2) is 18.2 Å². The number of benzene rings is 1. The standard InChI is InChI=1S/C14H19N3O4/c1-15(2)11-4-3-7-16(9-11)10-5-6-13(17(20)21)12(8-10)14(18)19/h5-6,8,11H,3-4,7,9H2,1-2H3,(H,18,19). The van der Waals surface area contributed by atoms with Gasteiger partial charge in [0.2, 0.25) is 0 Å². The highest BCUT2D eigenvalue weighted by molar-refractivity contribution is 5.93. The van der Waals surface area contributed by atoms with E-state index in [1.807, 2.05) is 14.1 Å². The zero-order valence-electron chi connectivity index (χ0n) is 12.2. The van der Waals surface area contributed by atoms with Crippen molar-refractivity contribution in [2.24, 2.45) is 0 Å². The van der Waals surface area contributed by atoms with Crippen LogP contribution in [-0.2, 0) is 0 Å². The molecule has 1 saturated heterocycles. The summed E-state index contributed by atoms with van der Waals surface area (Å²) in [4.78, 5) is 25.7. The van der Waals surface area contributed by atoms with E-state index >= 15 is 0 Å². The number of likely N-dealkylation sites (N-methyl/N-ethyl adjacent to an activating group) is 1. The van der Waals surface area contributed by atoms with Crippen LogP contribution in [0.4, 0.5) is 11.4 Å². The molecule has 0 saturated carbocycles. The first-order chi connectivity index (χ1) is 9.90. The van der Waals surface area contributed by atoms with Crippen LogP contribution in [0.25, 0.3) is 0 Å². The van der Waals surface area contributed by atoms with Crippen LogP contribution >= 0.6 is 0 Å². The van der Waals surface area contributed by atoms with Crippen molar-refractivity contribution in [1.29, 1.82) is 0 Å². The number of aromatic carboxylic acids is 1. The summed E-state index contributed by atoms with van der Waals surface area (Å²) >= 11 is 0. The molecule has 0 aromatic heterocycles. The lowest BCUT2D eigenvalue weighted by atomic mass is 10.0. The fourth-order valence-electron chi connectivity index (χ4n) is 2.66. The normalized spacial score (nSPS) is 18.8. The summed E-state index contributed by atoms with van der Waals surface area (Å²) in [5.41, 5.74) is 0.0986. The molecule has 1 fully saturated rings. The Hall–Kier alpha value is -2.15. The molecule has 2 rings (SSSR count). The van der Waals surface area contributed by atoms with Gasteiger partial charge in [-0.2, -0.15) is 0 Å². The molecular weight excluding hydrogens is 274 g/mol. The van der Waals surface area contributed by atoms with Crippen molar-refractivity contribution >= 4 is 17.3 Å². The van der Waals surface area contributed by atoms with E-state index in [-0.39, 0.29) is 11.3 Å². The van der Waals surface area contributed by atoms with Gasteiger partial charge in [-0.25, -0.2) is 4.79 Å². The van der Waals surface area contributed by atoms with Crippen molar-refractivity contribution in [1.82, 2.24) is 4.90 Å². The third-order valence-corrected chi connectivity index (χ3v) is 3.90. The van der Waals surface area contributed by atoms with E-state index in [9.17, 15) is 14.9 Å². The first kappa shape index (κ1) is 15.2. The Labute approximate surface area is 122 Å². The number of nitro groups is 1. The maximum atomic E-state index is 11.2. The molecule has 0 bridgehead atoms. The van der Waals surface area contributed by atoms with Crippen LogP contribution in [0.5, 0.6) is 0 Å². The molecule has 21 heavy (non-hydrogen) atoms. The van der Waals surface area contributed by atoms with Crippen molar-refractivity contribution in [3.05, 3.63) is 33.9 Å². The molecule has 7 nitrogen and oxygen atoms in total. The van der Waals surface area contributed by atoms with Gasteiger partial charge in [0.1, 0.15) is 5.56 Å². The molecule has 1 unspecified atom stereocenters. The quantitative estimate of drug-likeness (QED) is 0.673. The molecular formula is C14H19N3O4. The summed E-state index contributed by atoms with van der Waals surface area (Å²) in [5.74, 6) is -1.27. The van der Waals surface area contributed by atoms with Gasteiger partial charge in [-0.3, -0.25) is 10.1 Å². The second kappa shape index (κ2) is 6.09. The van der Waals surface area contributed by atoms with E-state index in [1.54, 1.807) is 6.07 Å². The number of carboxylic acid groups (broad SMARTS) is 1. The number of hydrogen-bond acceptors (Lipinski definition) is 5. The Kier molecular flexibility index (Phi) is 4.42. The van der Waals surface area contributed by atoms with Gasteiger partial charge in [-0.1, -0.05) is 0 Å². The number of hydrogen-bond donors (Lipinski definition) is 1. The van der Waals surface area contributed by atoms with E-state index < -0.39 is 10.9 Å². The minimum atomic E-state index is -1.27. The number of carboxylic acids is 1. The van der Waals surface area contributed by atoms with Crippen molar-refractivity contribution < 1.29 is 14.8 Å². The minimum Gasteiger partial charge on any atom is -0.477 e. The van der Waals surface area contributed by atoms with Crippen LogP contribution in [-0.4, -0.2) is 54.1 Å². The van der Waals surface area contributed by atoms with Crippen molar-refractivity contribution in [3.63, 3.8) is 0 Å². The Balaban J connectivity index is 2.30. The Morgan fingerprint density at radius 2 is 2.19 bits per heavy atom. The molecule has 1 aliphatic rings. The van der Waals surface area contributed by atoms with Crippen LogP contribution < -0.4 is 4.90 Å². The second-order valence-corrected chi connectivity index (χ2v) is 5.47. The maximum Gasteiger partial charge on any atom is 0.342 e. The Morgan fingerprint density at radius 1 is 1.48 bits per heavy atom. The number of anilines is 1. The van der Waals surface area contributed by atoms with Gasteiger partial charge < -0.3 is 14.9 Å². The minimum absolute atomic E-state index is 0.260. The highest BCUT2D eigenvalue weighted by Gasteiger charge is 2.25. The van der Waals surface area contributed by atoms with Crippen LogP contribution in [0.1, 0.15) is 23.2 Å². The van der Waals surface area contributed by atoms with E-state index in [0.717, 1.165) is 31.6 Å². The lowest BCUT2D eigenvalue weighted by Crippen LogP contribution is -2.45. The summed E-state index contributed by atoms with van der Waals surface area (Å²) in [7, 11) is 4.04. The largest absolute Gasteiger partial charge is 0.477 e. The van der Waals surface area contributed by atoms with Crippen molar-refractivity contribution in [2.45, 2.75) is 18.9 Å². The van der Waals surface area contributed by atoms with Gasteiger partial charge in [0.15, 0.2) is 0 Å². The average Bonchev–Trinajstić information content (AvgIpc) is 2.46. The number of carbonyl (C=O) groups is 1. The van der Waals surface area contributed by atoms with Gasteiger partial charge in [0.05, 0.1) is 4.92 Å². The molecule has 0 amide bonds. The van der Waals surface area contributed by atoms with Gasteiger partial charge in [0, 0.05) is 30.9 Å². The zero-order chi connectivity index (χ0) is 15.6. The smallest absolute Gasteiger partial charge is 0.342 e.